The number of rotatable bonds is 7. The van der Waals surface area contributed by atoms with E-state index < -0.39 is 7.60 Å². The fourth-order valence-electron chi connectivity index (χ4n) is 1.87. The van der Waals surface area contributed by atoms with Crippen molar-refractivity contribution in [2.75, 3.05) is 13.2 Å². The van der Waals surface area contributed by atoms with Gasteiger partial charge in [-0.1, -0.05) is 0 Å². The summed E-state index contributed by atoms with van der Waals surface area (Å²) in [5.41, 5.74) is 0. The smallest absolute Gasteiger partial charge is 0.361 e. The van der Waals surface area contributed by atoms with Crippen LogP contribution in [0.4, 0.5) is 0 Å². The van der Waals surface area contributed by atoms with Gasteiger partial charge in [0, 0.05) is 0 Å². The van der Waals surface area contributed by atoms with E-state index in [1.54, 1.807) is 62.4 Å². The molecule has 0 aliphatic carbocycles. The van der Waals surface area contributed by atoms with E-state index in [1.807, 2.05) is 0 Å². The third-order valence-electron chi connectivity index (χ3n) is 2.82. The van der Waals surface area contributed by atoms with Crippen LogP contribution < -0.4 is 10.0 Å². The van der Waals surface area contributed by atoms with Gasteiger partial charge in [0.05, 0.1) is 18.5 Å². The zero-order valence-corrected chi connectivity index (χ0v) is 13.5. The maximum atomic E-state index is 12.6. The van der Waals surface area contributed by atoms with E-state index in [1.165, 1.54) is 0 Å². The molecular weight excluding hydrogens is 303 g/mol. The second kappa shape index (κ2) is 7.45. The van der Waals surface area contributed by atoms with E-state index in [0.29, 0.717) is 30.0 Å². The first kappa shape index (κ1) is 16.6. The van der Waals surface area contributed by atoms with E-state index in [-0.39, 0.29) is 5.75 Å². The van der Waals surface area contributed by atoms with Crippen molar-refractivity contribution in [3.05, 3.63) is 48.5 Å². The zero-order valence-electron chi connectivity index (χ0n) is 12.6. The lowest BCUT2D eigenvalue weighted by Crippen LogP contribution is -2.10. The Morgan fingerprint density at radius 3 is 1.77 bits per heavy atom. The maximum Gasteiger partial charge on any atom is 0.361 e. The van der Waals surface area contributed by atoms with Gasteiger partial charge in [0.1, 0.15) is 17.2 Å². The molecule has 2 rings (SSSR count). The summed E-state index contributed by atoms with van der Waals surface area (Å²) in [5, 5.41) is 9.73. The van der Waals surface area contributed by atoms with Crippen molar-refractivity contribution in [1.29, 1.82) is 0 Å². The lowest BCUT2D eigenvalue weighted by molar-refractivity contribution is 0.230. The lowest BCUT2D eigenvalue weighted by Gasteiger charge is -2.17. The van der Waals surface area contributed by atoms with Crippen molar-refractivity contribution in [3.63, 3.8) is 0 Å². The highest BCUT2D eigenvalue weighted by Gasteiger charge is 2.26. The second-order valence-corrected chi connectivity index (χ2v) is 6.45. The minimum absolute atomic E-state index is 0.178. The van der Waals surface area contributed by atoms with Crippen molar-refractivity contribution in [2.45, 2.75) is 13.8 Å². The minimum atomic E-state index is -3.27. The van der Waals surface area contributed by atoms with Crippen molar-refractivity contribution < 1.29 is 23.5 Å². The van der Waals surface area contributed by atoms with Crippen LogP contribution in [0.1, 0.15) is 13.8 Å². The molecule has 0 amide bonds. The Kier molecular flexibility index (Phi) is 5.61. The van der Waals surface area contributed by atoms with Crippen LogP contribution in [0, 0.1) is 0 Å². The quantitative estimate of drug-likeness (QED) is 0.778. The molecule has 5 nitrogen and oxygen atoms in total. The number of phenolic OH excluding ortho intramolecular Hbond substituents is 1. The fraction of sp³-hybridized carbons (Fsp3) is 0.250. The van der Waals surface area contributed by atoms with Crippen LogP contribution in [0.2, 0.25) is 0 Å². The van der Waals surface area contributed by atoms with E-state index >= 15 is 0 Å². The molecular formula is C16H19O5P. The first-order valence-electron chi connectivity index (χ1n) is 7.04. The SMILES string of the molecule is CCOP(=O)(OCC)c1ccc(Oc2ccc(O)cc2)cc1. The largest absolute Gasteiger partial charge is 0.508 e. The Balaban J connectivity index is 2.15. The van der Waals surface area contributed by atoms with Crippen molar-refractivity contribution in [2.24, 2.45) is 0 Å². The molecule has 0 aliphatic rings. The standard InChI is InChI=1S/C16H19O5P/c1-3-19-22(18,20-4-2)16-11-9-15(10-12-16)21-14-7-5-13(17)6-8-14/h5-12,17H,3-4H2,1-2H3. The van der Waals surface area contributed by atoms with Crippen molar-refractivity contribution in [1.82, 2.24) is 0 Å². The Bertz CT molecular complexity index is 627. The van der Waals surface area contributed by atoms with Gasteiger partial charge in [0.25, 0.3) is 0 Å². The second-order valence-electron chi connectivity index (χ2n) is 4.42. The van der Waals surface area contributed by atoms with Crippen molar-refractivity contribution in [3.8, 4) is 17.2 Å². The summed E-state index contributed by atoms with van der Waals surface area (Å²) in [4.78, 5) is 0. The normalized spacial score (nSPS) is 11.4. The molecule has 118 valence electrons. The molecule has 1 N–H and O–H groups in total. The minimum Gasteiger partial charge on any atom is -0.508 e. The first-order chi connectivity index (χ1) is 10.6. The summed E-state index contributed by atoms with van der Waals surface area (Å²) in [7, 11) is -3.27. The van der Waals surface area contributed by atoms with Crippen LogP contribution in [0.3, 0.4) is 0 Å². The van der Waals surface area contributed by atoms with E-state index in [9.17, 15) is 9.67 Å². The molecule has 2 aromatic carbocycles. The third-order valence-corrected chi connectivity index (χ3v) is 4.95. The monoisotopic (exact) mass is 322 g/mol. The van der Waals surface area contributed by atoms with Gasteiger partial charge in [0.15, 0.2) is 0 Å². The highest BCUT2D eigenvalue weighted by molar-refractivity contribution is 7.62. The molecule has 0 unspecified atom stereocenters. The lowest BCUT2D eigenvalue weighted by atomic mass is 10.3. The number of hydrogen-bond acceptors (Lipinski definition) is 5. The topological polar surface area (TPSA) is 65.0 Å². The maximum absolute atomic E-state index is 12.6. The van der Waals surface area contributed by atoms with Crippen LogP contribution in [0.5, 0.6) is 17.2 Å². The predicted molar refractivity (Wildman–Crippen MR) is 85.1 cm³/mol. The number of aromatic hydroxyl groups is 1. The number of benzene rings is 2. The summed E-state index contributed by atoms with van der Waals surface area (Å²) in [5.74, 6) is 1.37. The molecule has 0 saturated carbocycles. The molecule has 0 aliphatic heterocycles. The summed E-state index contributed by atoms with van der Waals surface area (Å²) in [6.45, 7) is 4.16. The fourth-order valence-corrected chi connectivity index (χ4v) is 3.44. The van der Waals surface area contributed by atoms with Crippen molar-refractivity contribution >= 4 is 12.9 Å². The van der Waals surface area contributed by atoms with Crippen LogP contribution in [0.25, 0.3) is 0 Å². The molecule has 6 heteroatoms. The highest BCUT2D eigenvalue weighted by atomic mass is 31.2. The Morgan fingerprint density at radius 1 is 0.864 bits per heavy atom. The third kappa shape index (κ3) is 4.10. The van der Waals surface area contributed by atoms with E-state index in [0.717, 1.165) is 0 Å². The van der Waals surface area contributed by atoms with Gasteiger partial charge in [0.2, 0.25) is 0 Å². The molecule has 0 aromatic heterocycles. The van der Waals surface area contributed by atoms with Crippen LogP contribution in [-0.4, -0.2) is 18.3 Å². The molecule has 0 atom stereocenters. The molecule has 2 aromatic rings. The van der Waals surface area contributed by atoms with E-state index in [4.69, 9.17) is 13.8 Å². The Hall–Kier alpha value is -1.81. The van der Waals surface area contributed by atoms with Crippen LogP contribution >= 0.6 is 7.60 Å². The summed E-state index contributed by atoms with van der Waals surface area (Å²) in [6, 6.07) is 13.1. The van der Waals surface area contributed by atoms with Gasteiger partial charge in [-0.05, 0) is 62.4 Å². The molecule has 0 spiro atoms. The zero-order chi connectivity index (χ0) is 16.0. The van der Waals surface area contributed by atoms with Gasteiger partial charge < -0.3 is 18.9 Å². The molecule has 0 bridgehead atoms. The number of hydrogen-bond donors (Lipinski definition) is 1. The average molecular weight is 322 g/mol. The number of phenols is 1. The van der Waals surface area contributed by atoms with Gasteiger partial charge in [-0.3, -0.25) is 4.57 Å². The van der Waals surface area contributed by atoms with Gasteiger partial charge >= 0.3 is 7.60 Å². The summed E-state index contributed by atoms with van der Waals surface area (Å²) in [6.07, 6.45) is 0. The molecule has 0 radical (unpaired) electrons. The Labute approximate surface area is 130 Å². The summed E-state index contributed by atoms with van der Waals surface area (Å²) < 4.78 is 28.8. The van der Waals surface area contributed by atoms with Crippen LogP contribution in [0.15, 0.2) is 48.5 Å². The molecule has 0 fully saturated rings. The van der Waals surface area contributed by atoms with Gasteiger partial charge in [-0.2, -0.15) is 0 Å². The molecule has 22 heavy (non-hydrogen) atoms. The summed E-state index contributed by atoms with van der Waals surface area (Å²) >= 11 is 0. The van der Waals surface area contributed by atoms with Crippen LogP contribution in [-0.2, 0) is 13.6 Å². The van der Waals surface area contributed by atoms with E-state index in [2.05, 4.69) is 0 Å². The molecule has 0 heterocycles. The predicted octanol–water partition coefficient (Wildman–Crippen LogP) is 4.08. The van der Waals surface area contributed by atoms with Gasteiger partial charge in [-0.15, -0.1) is 0 Å². The van der Waals surface area contributed by atoms with Gasteiger partial charge in [-0.25, -0.2) is 0 Å². The molecule has 0 saturated heterocycles. The number of ether oxygens (including phenoxy) is 1. The average Bonchev–Trinajstić information content (AvgIpc) is 2.51. The first-order valence-corrected chi connectivity index (χ1v) is 8.58. The highest BCUT2D eigenvalue weighted by Crippen LogP contribution is 2.46. The Morgan fingerprint density at radius 2 is 1.32 bits per heavy atom.